The van der Waals surface area contributed by atoms with Gasteiger partial charge in [-0.05, 0) is 23.8 Å². The van der Waals surface area contributed by atoms with Gasteiger partial charge in [-0.1, -0.05) is 52.3 Å². The Morgan fingerprint density at radius 3 is 2.45 bits per heavy atom. The van der Waals surface area contributed by atoms with Gasteiger partial charge in [-0.25, -0.2) is 0 Å². The van der Waals surface area contributed by atoms with Gasteiger partial charge in [-0.2, -0.15) is 0 Å². The molecule has 0 bridgehead atoms. The summed E-state index contributed by atoms with van der Waals surface area (Å²) in [5, 5.41) is 2.94. The van der Waals surface area contributed by atoms with Crippen molar-refractivity contribution in [2.45, 2.75) is 6.04 Å². The Kier molecular flexibility index (Phi) is 6.71. The lowest BCUT2D eigenvalue weighted by molar-refractivity contribution is 0.0938. The number of amides is 1. The van der Waals surface area contributed by atoms with E-state index in [9.17, 15) is 4.79 Å². The van der Waals surface area contributed by atoms with Gasteiger partial charge < -0.3 is 11.1 Å². The van der Waals surface area contributed by atoms with Gasteiger partial charge in [0.05, 0.1) is 6.04 Å². The van der Waals surface area contributed by atoms with Crippen molar-refractivity contribution >= 4 is 34.2 Å². The van der Waals surface area contributed by atoms with Crippen LogP contribution in [0.2, 0.25) is 0 Å². The SMILES string of the molecule is Cl.NC[C@H](NC(=O)c1cccc(Br)c1)c1ccccc1. The quantitative estimate of drug-likeness (QED) is 0.884. The van der Waals surface area contributed by atoms with E-state index in [-0.39, 0.29) is 24.4 Å². The maximum absolute atomic E-state index is 12.2. The predicted molar refractivity (Wildman–Crippen MR) is 87.1 cm³/mol. The number of benzene rings is 2. The Morgan fingerprint density at radius 1 is 1.15 bits per heavy atom. The van der Waals surface area contributed by atoms with Crippen molar-refractivity contribution in [1.29, 1.82) is 0 Å². The van der Waals surface area contributed by atoms with E-state index < -0.39 is 0 Å². The second-order valence-electron chi connectivity index (χ2n) is 4.18. The van der Waals surface area contributed by atoms with Crippen LogP contribution in [-0.4, -0.2) is 12.5 Å². The van der Waals surface area contributed by atoms with Gasteiger partial charge in [0.25, 0.3) is 5.91 Å². The van der Waals surface area contributed by atoms with Crippen molar-refractivity contribution in [3.05, 3.63) is 70.2 Å². The van der Waals surface area contributed by atoms with E-state index in [1.807, 2.05) is 42.5 Å². The number of rotatable bonds is 4. The molecule has 1 amide bonds. The van der Waals surface area contributed by atoms with Gasteiger partial charge in [-0.3, -0.25) is 4.79 Å². The zero-order chi connectivity index (χ0) is 13.7. The molecule has 0 aliphatic heterocycles. The number of hydrogen-bond donors (Lipinski definition) is 2. The molecular weight excluding hydrogens is 340 g/mol. The Bertz CT molecular complexity index is 563. The molecule has 0 aromatic heterocycles. The lowest BCUT2D eigenvalue weighted by Gasteiger charge is -2.17. The number of carbonyl (C=O) groups is 1. The fourth-order valence-corrected chi connectivity index (χ4v) is 2.23. The Morgan fingerprint density at radius 2 is 1.85 bits per heavy atom. The van der Waals surface area contributed by atoms with Crippen molar-refractivity contribution < 1.29 is 4.79 Å². The molecule has 1 atom stereocenters. The van der Waals surface area contributed by atoms with Crippen LogP contribution in [0.1, 0.15) is 22.0 Å². The number of hydrogen-bond acceptors (Lipinski definition) is 2. The molecule has 0 aliphatic rings. The number of nitrogens with one attached hydrogen (secondary N) is 1. The topological polar surface area (TPSA) is 55.1 Å². The normalized spacial score (nSPS) is 11.3. The summed E-state index contributed by atoms with van der Waals surface area (Å²) in [7, 11) is 0. The summed E-state index contributed by atoms with van der Waals surface area (Å²) in [5.74, 6) is -0.124. The molecule has 0 aliphatic carbocycles. The van der Waals surface area contributed by atoms with Crippen molar-refractivity contribution in [2.24, 2.45) is 5.73 Å². The monoisotopic (exact) mass is 354 g/mol. The molecule has 106 valence electrons. The molecule has 0 heterocycles. The highest BCUT2D eigenvalue weighted by Gasteiger charge is 2.14. The van der Waals surface area contributed by atoms with E-state index in [1.165, 1.54) is 0 Å². The molecular formula is C15H16BrClN2O. The first-order chi connectivity index (χ1) is 9.20. The molecule has 3 nitrogen and oxygen atoms in total. The smallest absolute Gasteiger partial charge is 0.251 e. The highest BCUT2D eigenvalue weighted by molar-refractivity contribution is 9.10. The number of carbonyl (C=O) groups excluding carboxylic acids is 1. The van der Waals surface area contributed by atoms with E-state index in [0.29, 0.717) is 12.1 Å². The van der Waals surface area contributed by atoms with Gasteiger partial charge in [0, 0.05) is 16.6 Å². The number of nitrogens with two attached hydrogens (primary N) is 1. The summed E-state index contributed by atoms with van der Waals surface area (Å²) < 4.78 is 0.879. The molecule has 20 heavy (non-hydrogen) atoms. The lowest BCUT2D eigenvalue weighted by Crippen LogP contribution is -2.33. The van der Waals surface area contributed by atoms with Crippen molar-refractivity contribution in [3.8, 4) is 0 Å². The fourth-order valence-electron chi connectivity index (χ4n) is 1.83. The van der Waals surface area contributed by atoms with Gasteiger partial charge >= 0.3 is 0 Å². The maximum Gasteiger partial charge on any atom is 0.251 e. The van der Waals surface area contributed by atoms with Crippen LogP contribution in [0.3, 0.4) is 0 Å². The fraction of sp³-hybridized carbons (Fsp3) is 0.133. The van der Waals surface area contributed by atoms with Crippen molar-refractivity contribution in [1.82, 2.24) is 5.32 Å². The van der Waals surface area contributed by atoms with Crippen molar-refractivity contribution in [3.63, 3.8) is 0 Å². The first-order valence-electron chi connectivity index (χ1n) is 6.02. The summed E-state index contributed by atoms with van der Waals surface area (Å²) >= 11 is 3.35. The summed E-state index contributed by atoms with van der Waals surface area (Å²) in [5.41, 5.74) is 7.36. The van der Waals surface area contributed by atoms with Crippen LogP contribution in [0.15, 0.2) is 59.1 Å². The molecule has 0 saturated carbocycles. The van der Waals surface area contributed by atoms with Crippen LogP contribution in [0, 0.1) is 0 Å². The summed E-state index contributed by atoms with van der Waals surface area (Å²) in [6.45, 7) is 0.365. The molecule has 0 saturated heterocycles. The summed E-state index contributed by atoms with van der Waals surface area (Å²) in [6.07, 6.45) is 0. The molecule has 2 rings (SSSR count). The number of halogens is 2. The van der Waals surface area contributed by atoms with Gasteiger partial charge in [0.1, 0.15) is 0 Å². The van der Waals surface area contributed by atoms with E-state index in [4.69, 9.17) is 5.73 Å². The summed E-state index contributed by atoms with van der Waals surface area (Å²) in [4.78, 5) is 12.2. The van der Waals surface area contributed by atoms with Gasteiger partial charge in [-0.15, -0.1) is 12.4 Å². The predicted octanol–water partition coefficient (Wildman–Crippen LogP) is 3.30. The highest BCUT2D eigenvalue weighted by Crippen LogP contribution is 2.14. The highest BCUT2D eigenvalue weighted by atomic mass is 79.9. The van der Waals surface area contributed by atoms with Crippen LogP contribution in [-0.2, 0) is 0 Å². The standard InChI is InChI=1S/C15H15BrN2O.ClH/c16-13-8-4-7-12(9-13)15(19)18-14(10-17)11-5-2-1-3-6-11;/h1-9,14H,10,17H2,(H,18,19);1H/t14-;/m0./s1. The first kappa shape index (κ1) is 16.7. The Labute approximate surface area is 133 Å². The third kappa shape index (κ3) is 4.34. The minimum absolute atomic E-state index is 0. The van der Waals surface area contributed by atoms with Gasteiger partial charge in [0.2, 0.25) is 0 Å². The largest absolute Gasteiger partial charge is 0.344 e. The Balaban J connectivity index is 0.00000200. The average molecular weight is 356 g/mol. The zero-order valence-corrected chi connectivity index (χ0v) is 13.2. The first-order valence-corrected chi connectivity index (χ1v) is 6.81. The minimum atomic E-state index is -0.173. The van der Waals surface area contributed by atoms with E-state index in [0.717, 1.165) is 10.0 Å². The second-order valence-corrected chi connectivity index (χ2v) is 5.10. The van der Waals surface area contributed by atoms with E-state index in [1.54, 1.807) is 12.1 Å². The van der Waals surface area contributed by atoms with Crippen LogP contribution in [0.4, 0.5) is 0 Å². The van der Waals surface area contributed by atoms with Crippen LogP contribution in [0.25, 0.3) is 0 Å². The molecule has 2 aromatic rings. The third-order valence-corrected chi connectivity index (χ3v) is 3.32. The lowest BCUT2D eigenvalue weighted by atomic mass is 10.1. The molecule has 3 N–H and O–H groups in total. The van der Waals surface area contributed by atoms with Crippen LogP contribution in [0.5, 0.6) is 0 Å². The maximum atomic E-state index is 12.2. The molecule has 2 aromatic carbocycles. The molecule has 0 fully saturated rings. The van der Waals surface area contributed by atoms with Gasteiger partial charge in [0.15, 0.2) is 0 Å². The molecule has 0 spiro atoms. The average Bonchev–Trinajstić information content (AvgIpc) is 2.45. The Hall–Kier alpha value is -1.36. The van der Waals surface area contributed by atoms with E-state index >= 15 is 0 Å². The minimum Gasteiger partial charge on any atom is -0.344 e. The van der Waals surface area contributed by atoms with Crippen LogP contribution < -0.4 is 11.1 Å². The third-order valence-electron chi connectivity index (χ3n) is 2.83. The van der Waals surface area contributed by atoms with Crippen molar-refractivity contribution in [2.75, 3.05) is 6.54 Å². The van der Waals surface area contributed by atoms with Crippen LogP contribution >= 0.6 is 28.3 Å². The zero-order valence-electron chi connectivity index (χ0n) is 10.8. The molecule has 0 radical (unpaired) electrons. The molecule has 0 unspecified atom stereocenters. The molecule has 5 heteroatoms. The van der Waals surface area contributed by atoms with E-state index in [2.05, 4.69) is 21.2 Å². The summed E-state index contributed by atoms with van der Waals surface area (Å²) in [6, 6.07) is 16.8. The second kappa shape index (κ2) is 8.04.